The van der Waals surface area contributed by atoms with Crippen LogP contribution in [0.15, 0.2) is 48.6 Å². The average Bonchev–Trinajstić information content (AvgIpc) is 2.65. The first-order valence-corrected chi connectivity index (χ1v) is 30.9. The summed E-state index contributed by atoms with van der Waals surface area (Å²) in [5.41, 5.74) is 8.33. The van der Waals surface area contributed by atoms with E-state index < -0.39 is 96.8 Å². The Labute approximate surface area is 494 Å². The number of benzene rings is 1. The zero-order chi connectivity index (χ0) is 60.0. The van der Waals surface area contributed by atoms with Crippen LogP contribution in [0.3, 0.4) is 0 Å². The number of nitrogens with two attached hydrogens (primary N) is 1. The van der Waals surface area contributed by atoms with Crippen LogP contribution in [0.4, 0.5) is 15.3 Å². The zero-order valence-electron chi connectivity index (χ0n) is 50.0. The van der Waals surface area contributed by atoms with Crippen molar-refractivity contribution in [2.24, 2.45) is 23.5 Å². The number of hydrogen-bond acceptors (Lipinski definition) is 17. The van der Waals surface area contributed by atoms with Crippen molar-refractivity contribution in [2.45, 2.75) is 259 Å². The summed E-state index contributed by atoms with van der Waals surface area (Å²) in [5, 5.41) is 37.4. The SMILES string of the molecule is C=C1C[C@@H]2CC[C@]34CC[C@H](O3)[C@@H]3O[C@H]5CC[C@H](CC(=O)C[C@@H]6[C@@H](OC)[C@@H](C[C@H](O)CNC(=O)OCc7ccc(NC(=O)[C@H](CCCNC(N)=O)NC(=O)[C@@H](NC(C)C)C(C)C)cc7)O[C@H]6C[C@H]6O[C@@H](CC[C@@H]1O2)C[C@@H](C)C6=C)O[C@@H]5[C@H](O4)[C@@H]3O. The second-order valence-electron chi connectivity index (χ2n) is 25.6. The summed E-state index contributed by atoms with van der Waals surface area (Å²) in [7, 11) is 1.58. The van der Waals surface area contributed by atoms with Gasteiger partial charge < -0.3 is 85.2 Å². The number of aliphatic hydroxyl groups is 2. The summed E-state index contributed by atoms with van der Waals surface area (Å²) in [6.07, 6.45) is 0.365. The van der Waals surface area contributed by atoms with Crippen molar-refractivity contribution in [3.63, 3.8) is 0 Å². The molecular weight excluding hydrogens is 1080 g/mol. The van der Waals surface area contributed by atoms with Gasteiger partial charge in [-0.15, -0.1) is 0 Å². The fraction of sp³-hybridized carbons (Fsp3) is 0.758. The van der Waals surface area contributed by atoms with Gasteiger partial charge in [-0.05, 0) is 105 Å². The van der Waals surface area contributed by atoms with Crippen molar-refractivity contribution in [2.75, 3.05) is 25.5 Å². The number of ether oxygens (including phenoxy) is 9. The van der Waals surface area contributed by atoms with Crippen molar-refractivity contribution in [3.05, 3.63) is 54.1 Å². The minimum absolute atomic E-state index is 0.0279. The Bertz CT molecular complexity index is 2470. The maximum atomic E-state index is 14.4. The number of aliphatic hydroxyl groups excluding tert-OH is 2. The number of Topliss-reactive ketones (excluding diaryl/α,β-unsaturated/α-hetero) is 1. The average molecular weight is 1180 g/mol. The van der Waals surface area contributed by atoms with Gasteiger partial charge in [0, 0.05) is 76.4 Å². The lowest BCUT2D eigenvalue weighted by molar-refractivity contribution is -0.299. The van der Waals surface area contributed by atoms with E-state index in [2.05, 4.69) is 46.7 Å². The van der Waals surface area contributed by atoms with Crippen LogP contribution in [0.5, 0.6) is 0 Å². The molecule has 8 saturated heterocycles. The number of nitrogens with one attached hydrogen (secondary N) is 5. The molecule has 5 amide bonds. The third kappa shape index (κ3) is 15.9. The Morgan fingerprint density at radius 1 is 0.798 bits per heavy atom. The second kappa shape index (κ2) is 28.5. The highest BCUT2D eigenvalue weighted by Gasteiger charge is 2.60. The van der Waals surface area contributed by atoms with Gasteiger partial charge in [-0.2, -0.15) is 0 Å². The largest absolute Gasteiger partial charge is 0.445 e. The van der Waals surface area contributed by atoms with Crippen molar-refractivity contribution in [1.29, 1.82) is 0 Å². The first-order chi connectivity index (χ1) is 40.1. The van der Waals surface area contributed by atoms with Gasteiger partial charge in [0.05, 0.1) is 73.2 Å². The van der Waals surface area contributed by atoms with Crippen LogP contribution < -0.4 is 32.3 Å². The van der Waals surface area contributed by atoms with E-state index in [9.17, 15) is 34.2 Å². The van der Waals surface area contributed by atoms with Gasteiger partial charge in [0.2, 0.25) is 11.8 Å². The first kappa shape index (κ1) is 63.9. The Hall–Kier alpha value is -4.59. The Morgan fingerprint density at radius 2 is 1.54 bits per heavy atom. The van der Waals surface area contributed by atoms with Crippen LogP contribution in [0.25, 0.3) is 0 Å². The molecule has 0 unspecified atom stereocenters. The number of carbonyl (C=O) groups is 5. The van der Waals surface area contributed by atoms with Gasteiger partial charge >= 0.3 is 12.1 Å². The van der Waals surface area contributed by atoms with Gasteiger partial charge in [0.25, 0.3) is 0 Å². The molecule has 0 saturated carbocycles. The van der Waals surface area contributed by atoms with Crippen LogP contribution in [0.2, 0.25) is 0 Å². The van der Waals surface area contributed by atoms with Crippen LogP contribution in [-0.4, -0.2) is 176 Å². The van der Waals surface area contributed by atoms with Crippen molar-refractivity contribution >= 4 is 35.4 Å². The molecule has 8 heterocycles. The van der Waals surface area contributed by atoms with Gasteiger partial charge in [-0.3, -0.25) is 14.4 Å². The highest BCUT2D eigenvalue weighted by atomic mass is 16.7. The summed E-state index contributed by atoms with van der Waals surface area (Å²) < 4.78 is 59.0. The lowest BCUT2D eigenvalue weighted by Crippen LogP contribution is -2.63. The first-order valence-electron chi connectivity index (χ1n) is 30.9. The Kier molecular flexibility index (Phi) is 21.7. The molecule has 22 heteroatoms. The highest BCUT2D eigenvalue weighted by Crippen LogP contribution is 2.49. The summed E-state index contributed by atoms with van der Waals surface area (Å²) in [4.78, 5) is 65.7. The molecule has 8 fully saturated rings. The molecule has 8 aliphatic heterocycles. The topological polar surface area (TPSA) is 295 Å². The lowest BCUT2D eigenvalue weighted by Gasteiger charge is -2.49. The maximum Gasteiger partial charge on any atom is 0.407 e. The molecule has 9 rings (SSSR count). The molecule has 84 heavy (non-hydrogen) atoms. The number of fused-ring (bicyclic) bond motifs is 9. The molecule has 8 aliphatic rings. The van der Waals surface area contributed by atoms with Crippen LogP contribution in [0.1, 0.15) is 143 Å². The normalized spacial score (nSPS) is 36.2. The molecule has 9 N–H and O–H groups in total. The Morgan fingerprint density at radius 3 is 2.27 bits per heavy atom. The van der Waals surface area contributed by atoms with E-state index >= 15 is 0 Å². The predicted molar refractivity (Wildman–Crippen MR) is 308 cm³/mol. The number of amides is 5. The van der Waals surface area contributed by atoms with Crippen molar-refractivity contribution in [1.82, 2.24) is 21.3 Å². The third-order valence-corrected chi connectivity index (χ3v) is 18.5. The molecular formula is C62H94N6O16. The zero-order valence-corrected chi connectivity index (χ0v) is 50.0. The molecule has 20 atom stereocenters. The number of methoxy groups -OCH3 is 1. The summed E-state index contributed by atoms with van der Waals surface area (Å²) in [6, 6.07) is 4.60. The number of carbonyl (C=O) groups excluding carboxylic acids is 5. The number of ketones is 1. The van der Waals surface area contributed by atoms with Gasteiger partial charge in [-0.25, -0.2) is 9.59 Å². The number of alkyl carbamates (subject to hydrolysis) is 1. The smallest absolute Gasteiger partial charge is 0.407 e. The number of hydrogen-bond donors (Lipinski definition) is 8. The highest BCUT2D eigenvalue weighted by molar-refractivity contribution is 5.98. The van der Waals surface area contributed by atoms with Crippen LogP contribution >= 0.6 is 0 Å². The third-order valence-electron chi connectivity index (χ3n) is 18.5. The van der Waals surface area contributed by atoms with Gasteiger partial charge in [0.1, 0.15) is 42.8 Å². The van der Waals surface area contributed by atoms with E-state index in [4.69, 9.17) is 48.4 Å². The van der Waals surface area contributed by atoms with E-state index in [0.29, 0.717) is 56.2 Å². The summed E-state index contributed by atoms with van der Waals surface area (Å²) in [6.45, 7) is 18.8. The predicted octanol–water partition coefficient (Wildman–Crippen LogP) is 5.28. The number of anilines is 1. The molecule has 1 aromatic rings. The number of rotatable bonds is 18. The van der Waals surface area contributed by atoms with E-state index in [1.807, 2.05) is 27.7 Å². The van der Waals surface area contributed by atoms with Crippen LogP contribution in [-0.2, 0) is 63.6 Å². The van der Waals surface area contributed by atoms with E-state index in [1.54, 1.807) is 31.4 Å². The molecule has 22 nitrogen and oxygen atoms in total. The Balaban J connectivity index is 0.815. The molecule has 468 valence electrons. The van der Waals surface area contributed by atoms with E-state index in [1.165, 1.54) is 0 Å². The molecule has 0 aliphatic carbocycles. The molecule has 0 radical (unpaired) electrons. The second-order valence-corrected chi connectivity index (χ2v) is 25.6. The van der Waals surface area contributed by atoms with Gasteiger partial charge in [0.15, 0.2) is 5.79 Å². The van der Waals surface area contributed by atoms with E-state index in [0.717, 1.165) is 43.3 Å². The fourth-order valence-electron chi connectivity index (χ4n) is 14.1. The minimum atomic E-state index is -1.08. The monoisotopic (exact) mass is 1180 g/mol. The molecule has 0 aromatic heterocycles. The number of urea groups is 1. The molecule has 1 spiro atoms. The standard InChI is InChI=1S/C62H94N6O16/c1-32(2)52(66-33(3)4)59(73)68-45(10-9-23-64-60(63)74)58(72)67-38-13-11-37(12-14-38)31-77-61(75)65-30-40(70)28-51-54(76-8)44-27-39(69)26-42-16-18-47-56(80-42)57-53(71)55(82-47)48-20-22-62(83-48,84-57)21-19-43-25-35(6)46(78-43)17-15-41-24-34(5)36(7)49(79-41)29-50(44)81-51/h11-14,32-34,40-57,66,70-71H,6-7,9-10,15-31H2,1-5,8H3,(H,65,75)(H,67,72)(H,68,73)(H3,63,64,74)/t34-,40+,41+,42-,43+,44+,45+,46+,47+,48+,49-,50+,51-,52+,53-,54-,55+,56+,57-,62+/m1/s1. The fourth-order valence-corrected chi connectivity index (χ4v) is 14.1. The lowest BCUT2D eigenvalue weighted by atomic mass is 9.81. The van der Waals surface area contributed by atoms with Crippen molar-refractivity contribution in [3.8, 4) is 0 Å². The van der Waals surface area contributed by atoms with E-state index in [-0.39, 0.29) is 112 Å². The van der Waals surface area contributed by atoms with Gasteiger partial charge in [-0.1, -0.05) is 59.9 Å². The maximum absolute atomic E-state index is 14.4. The van der Waals surface area contributed by atoms with Crippen molar-refractivity contribution < 1.29 is 76.8 Å². The minimum Gasteiger partial charge on any atom is -0.445 e. The molecule has 10 bridgehead atoms. The summed E-state index contributed by atoms with van der Waals surface area (Å²) in [5.74, 6) is -2.00. The van der Waals surface area contributed by atoms with Crippen LogP contribution in [0, 0.1) is 17.8 Å². The summed E-state index contributed by atoms with van der Waals surface area (Å²) >= 11 is 0. The molecule has 1 aromatic carbocycles. The quantitative estimate of drug-likeness (QED) is 0.0685. The number of primary amides is 1.